The number of aryl methyl sites for hydroxylation is 1. The number of hydrogen-bond donors (Lipinski definition) is 1. The maximum absolute atomic E-state index is 13.4. The van der Waals surface area contributed by atoms with Gasteiger partial charge in [0.2, 0.25) is 0 Å². The zero-order valence-electron chi connectivity index (χ0n) is 14.5. The summed E-state index contributed by atoms with van der Waals surface area (Å²) in [4.78, 5) is 18.6. The summed E-state index contributed by atoms with van der Waals surface area (Å²) in [5.41, 5.74) is 2.96. The van der Waals surface area contributed by atoms with Crippen LogP contribution in [0.3, 0.4) is 0 Å². The van der Waals surface area contributed by atoms with Crippen molar-refractivity contribution in [3.05, 3.63) is 55.4 Å². The molecule has 3 aromatic rings. The summed E-state index contributed by atoms with van der Waals surface area (Å²) in [5, 5.41) is 0.769. The van der Waals surface area contributed by atoms with Crippen LogP contribution in [0.1, 0.15) is 29.9 Å². The van der Waals surface area contributed by atoms with Crippen LogP contribution in [-0.4, -0.2) is 15.7 Å². The van der Waals surface area contributed by atoms with Crippen LogP contribution in [0.25, 0.3) is 15.9 Å². The fraction of sp³-hybridized carbons (Fsp3) is 0.368. The van der Waals surface area contributed by atoms with Crippen molar-refractivity contribution in [2.75, 3.05) is 0 Å². The van der Waals surface area contributed by atoms with Crippen LogP contribution in [0.15, 0.2) is 29.1 Å². The molecule has 0 bridgehead atoms. The predicted octanol–water partition coefficient (Wildman–Crippen LogP) is 4.52. The Kier molecular flexibility index (Phi) is 4.14. The lowest BCUT2D eigenvalue weighted by atomic mass is 9.96. The van der Waals surface area contributed by atoms with E-state index < -0.39 is 0 Å². The molecule has 1 N–H and O–H groups in total. The minimum atomic E-state index is -0.0324. The third-order valence-electron chi connectivity index (χ3n) is 4.86. The van der Waals surface area contributed by atoms with E-state index in [-0.39, 0.29) is 11.7 Å². The minimum absolute atomic E-state index is 0.0324. The van der Waals surface area contributed by atoms with Gasteiger partial charge < -0.3 is 9.72 Å². The van der Waals surface area contributed by atoms with Crippen LogP contribution in [-0.2, 0) is 17.8 Å². The smallest absolute Gasteiger partial charge is 0.267 e. The highest BCUT2D eigenvalue weighted by atomic mass is 32.1. The molecule has 0 spiro atoms. The number of fused-ring (bicyclic) bond motifs is 3. The number of aromatic amines is 1. The van der Waals surface area contributed by atoms with Crippen LogP contribution < -0.4 is 5.56 Å². The Morgan fingerprint density at radius 1 is 1.36 bits per heavy atom. The number of ether oxygens (including phenoxy) is 1. The topological polar surface area (TPSA) is 47.0 Å². The fourth-order valence-corrected chi connectivity index (χ4v) is 4.91. The van der Waals surface area contributed by atoms with E-state index >= 15 is 0 Å². The van der Waals surface area contributed by atoms with Crippen molar-refractivity contribution >= 4 is 33.8 Å². The number of nitrogens with one attached hydrogen (secondary N) is 1. The van der Waals surface area contributed by atoms with Crippen LogP contribution in [0, 0.1) is 17.6 Å². The SMILES string of the molecule is Cc1ccccc1-n1c(=S)[nH]c2sc3c(c2c1=O)C[C@@H](C(C)C)OC3. The first kappa shape index (κ1) is 16.7. The van der Waals surface area contributed by atoms with Crippen molar-refractivity contribution < 1.29 is 4.74 Å². The molecule has 0 radical (unpaired) electrons. The quantitative estimate of drug-likeness (QED) is 0.673. The normalized spacial score (nSPS) is 17.2. The molecule has 1 atom stereocenters. The number of rotatable bonds is 2. The number of para-hydroxylation sites is 1. The molecule has 1 aliphatic rings. The second-order valence-electron chi connectivity index (χ2n) is 6.86. The second kappa shape index (κ2) is 6.20. The molecule has 1 aromatic carbocycles. The van der Waals surface area contributed by atoms with Gasteiger partial charge in [-0.25, -0.2) is 0 Å². The third-order valence-corrected chi connectivity index (χ3v) is 6.27. The first-order chi connectivity index (χ1) is 12.0. The van der Waals surface area contributed by atoms with Gasteiger partial charge in [0.15, 0.2) is 4.77 Å². The largest absolute Gasteiger partial charge is 0.372 e. The number of H-pyrrole nitrogens is 1. The summed E-state index contributed by atoms with van der Waals surface area (Å²) in [5.74, 6) is 0.420. The highest BCUT2D eigenvalue weighted by Crippen LogP contribution is 2.35. The number of aromatic nitrogens is 2. The monoisotopic (exact) mass is 372 g/mol. The summed E-state index contributed by atoms with van der Waals surface area (Å²) in [6.07, 6.45) is 0.931. The van der Waals surface area contributed by atoms with Crippen LogP contribution in [0.4, 0.5) is 0 Å². The molecular weight excluding hydrogens is 352 g/mol. The molecule has 0 saturated heterocycles. The van der Waals surface area contributed by atoms with Crippen molar-refractivity contribution in [2.45, 2.75) is 39.9 Å². The highest BCUT2D eigenvalue weighted by Gasteiger charge is 2.27. The summed E-state index contributed by atoms with van der Waals surface area (Å²) < 4.78 is 8.02. The van der Waals surface area contributed by atoms with Crippen molar-refractivity contribution in [2.24, 2.45) is 5.92 Å². The van der Waals surface area contributed by atoms with Crippen LogP contribution in [0.2, 0.25) is 0 Å². The van der Waals surface area contributed by atoms with Gasteiger partial charge in [-0.05, 0) is 42.3 Å². The Bertz CT molecular complexity index is 1080. The molecule has 6 heteroatoms. The molecule has 0 amide bonds. The molecule has 4 nitrogen and oxygen atoms in total. The van der Waals surface area contributed by atoms with Crippen LogP contribution in [0.5, 0.6) is 0 Å². The lowest BCUT2D eigenvalue weighted by Crippen LogP contribution is -2.28. The van der Waals surface area contributed by atoms with E-state index in [4.69, 9.17) is 17.0 Å². The first-order valence-corrected chi connectivity index (χ1v) is 9.67. The van der Waals surface area contributed by atoms with Gasteiger partial charge in [-0.15, -0.1) is 11.3 Å². The van der Waals surface area contributed by atoms with E-state index in [1.807, 2.05) is 31.2 Å². The highest BCUT2D eigenvalue weighted by molar-refractivity contribution is 7.71. The van der Waals surface area contributed by atoms with Crippen molar-refractivity contribution in [1.29, 1.82) is 0 Å². The van der Waals surface area contributed by atoms with Crippen molar-refractivity contribution in [1.82, 2.24) is 9.55 Å². The van der Waals surface area contributed by atoms with E-state index in [0.717, 1.165) is 38.3 Å². The Morgan fingerprint density at radius 2 is 2.12 bits per heavy atom. The third kappa shape index (κ3) is 2.69. The minimum Gasteiger partial charge on any atom is -0.372 e. The first-order valence-electron chi connectivity index (χ1n) is 8.44. The molecule has 1 aliphatic heterocycles. The molecule has 0 fully saturated rings. The summed E-state index contributed by atoms with van der Waals surface area (Å²) in [7, 11) is 0. The summed E-state index contributed by atoms with van der Waals surface area (Å²) >= 11 is 7.09. The predicted molar refractivity (Wildman–Crippen MR) is 104 cm³/mol. The number of hydrogen-bond acceptors (Lipinski definition) is 4. The van der Waals surface area contributed by atoms with E-state index in [1.165, 1.54) is 0 Å². The average Bonchev–Trinajstić information content (AvgIpc) is 2.93. The molecule has 0 unspecified atom stereocenters. The van der Waals surface area contributed by atoms with Gasteiger partial charge in [0.1, 0.15) is 4.83 Å². The molecule has 4 rings (SSSR count). The summed E-state index contributed by atoms with van der Waals surface area (Å²) in [6.45, 7) is 6.88. The van der Waals surface area contributed by atoms with Gasteiger partial charge in [0, 0.05) is 11.3 Å². The van der Waals surface area contributed by atoms with Gasteiger partial charge in [-0.2, -0.15) is 0 Å². The van der Waals surface area contributed by atoms with E-state index in [0.29, 0.717) is 17.3 Å². The van der Waals surface area contributed by atoms with Crippen molar-refractivity contribution in [3.8, 4) is 5.69 Å². The maximum Gasteiger partial charge on any atom is 0.267 e. The standard InChI is InChI=1S/C19H20N2O2S2/c1-10(2)14-8-12-15(9-23-14)25-17-16(12)18(22)21(19(24)20-17)13-7-5-4-6-11(13)3/h4-7,10,14H,8-9H2,1-3H3,(H,20,24)/t14-/m0/s1. The van der Waals surface area contributed by atoms with Gasteiger partial charge in [-0.1, -0.05) is 32.0 Å². The molecule has 0 saturated carbocycles. The fourth-order valence-electron chi connectivity index (χ4n) is 3.42. The zero-order valence-corrected chi connectivity index (χ0v) is 16.1. The summed E-state index contributed by atoms with van der Waals surface area (Å²) in [6, 6.07) is 7.82. The molecule has 2 aromatic heterocycles. The second-order valence-corrected chi connectivity index (χ2v) is 8.35. The lowest BCUT2D eigenvalue weighted by molar-refractivity contribution is 0.00200. The number of benzene rings is 1. The number of nitrogens with zero attached hydrogens (tertiary/aromatic N) is 1. The van der Waals surface area contributed by atoms with Crippen molar-refractivity contribution in [3.63, 3.8) is 0 Å². The number of thiophene rings is 1. The molecule has 25 heavy (non-hydrogen) atoms. The van der Waals surface area contributed by atoms with E-state index in [2.05, 4.69) is 18.8 Å². The van der Waals surface area contributed by atoms with Gasteiger partial charge in [0.05, 0.1) is 23.8 Å². The Labute approximate surface area is 155 Å². The Hall–Kier alpha value is -1.76. The Balaban J connectivity index is 2.00. The van der Waals surface area contributed by atoms with Crippen LogP contribution >= 0.6 is 23.6 Å². The average molecular weight is 373 g/mol. The molecule has 3 heterocycles. The van der Waals surface area contributed by atoms with Gasteiger partial charge >= 0.3 is 0 Å². The zero-order chi connectivity index (χ0) is 17.7. The maximum atomic E-state index is 13.4. The lowest BCUT2D eigenvalue weighted by Gasteiger charge is -2.26. The molecule has 0 aliphatic carbocycles. The Morgan fingerprint density at radius 3 is 2.84 bits per heavy atom. The van der Waals surface area contributed by atoms with E-state index in [9.17, 15) is 4.79 Å². The molecule has 130 valence electrons. The van der Waals surface area contributed by atoms with E-state index in [1.54, 1.807) is 15.9 Å². The molecular formula is C19H20N2O2S2. The van der Waals surface area contributed by atoms with Gasteiger partial charge in [0.25, 0.3) is 5.56 Å². The van der Waals surface area contributed by atoms with Gasteiger partial charge in [-0.3, -0.25) is 9.36 Å².